The average molecular weight is 470 g/mol. The Labute approximate surface area is 206 Å². The van der Waals surface area contributed by atoms with Crippen molar-refractivity contribution in [1.29, 1.82) is 0 Å². The Kier molecular flexibility index (Phi) is 6.53. The van der Waals surface area contributed by atoms with Crippen molar-refractivity contribution in [2.45, 2.75) is 31.6 Å². The summed E-state index contributed by atoms with van der Waals surface area (Å²) in [6.45, 7) is 1.88. The van der Waals surface area contributed by atoms with Crippen LogP contribution in [0.4, 0.5) is 0 Å². The standard InChI is InChI=1S/C29H31N3O3/c33-27(30-16-13-25(22-8-3-1-4-9-22)23-10-5-2-6-11-23)26-20-29(26)14-18-31(19-15-29)28(34)24-12-7-17-32(35)21-24/h1-12,17,21,25-26H,13-16,18-20H2,(H,30,33)/t26-/m0/s1. The molecule has 2 heterocycles. The molecule has 2 aliphatic rings. The van der Waals surface area contributed by atoms with Gasteiger partial charge in [0.05, 0.1) is 0 Å². The first-order chi connectivity index (χ1) is 17.1. The van der Waals surface area contributed by atoms with E-state index in [2.05, 4.69) is 53.8 Å². The topological polar surface area (TPSA) is 76.4 Å². The highest BCUT2D eigenvalue weighted by atomic mass is 16.5. The summed E-state index contributed by atoms with van der Waals surface area (Å²) in [7, 11) is 0. The molecule has 1 saturated heterocycles. The molecule has 1 spiro atoms. The minimum absolute atomic E-state index is 0.0221. The van der Waals surface area contributed by atoms with Crippen molar-refractivity contribution in [3.05, 3.63) is 107 Å². The van der Waals surface area contributed by atoms with Crippen LogP contribution < -0.4 is 10.0 Å². The molecule has 35 heavy (non-hydrogen) atoms. The van der Waals surface area contributed by atoms with E-state index in [9.17, 15) is 14.8 Å². The number of nitrogens with zero attached hydrogens (tertiary/aromatic N) is 2. The molecule has 2 aromatic carbocycles. The Morgan fingerprint density at radius 3 is 2.20 bits per heavy atom. The van der Waals surface area contributed by atoms with Crippen LogP contribution in [0.2, 0.25) is 0 Å². The lowest BCUT2D eigenvalue weighted by molar-refractivity contribution is -0.605. The SMILES string of the molecule is O=C(NCCC(c1ccccc1)c1ccccc1)[C@@H]1CC12CCN(C(=O)c1ccc[n+]([O-])c1)CC2. The minimum atomic E-state index is -0.112. The lowest BCUT2D eigenvalue weighted by Crippen LogP contribution is -2.41. The molecule has 6 nitrogen and oxygen atoms in total. The van der Waals surface area contributed by atoms with E-state index >= 15 is 0 Å². The van der Waals surface area contributed by atoms with Gasteiger partial charge in [-0.05, 0) is 48.3 Å². The number of piperidine rings is 1. The highest BCUT2D eigenvalue weighted by Gasteiger charge is 2.58. The predicted octanol–water partition coefficient (Wildman–Crippen LogP) is 3.90. The summed E-state index contributed by atoms with van der Waals surface area (Å²) in [6, 6.07) is 24.2. The molecule has 1 aromatic heterocycles. The van der Waals surface area contributed by atoms with Gasteiger partial charge in [-0.3, -0.25) is 9.59 Å². The molecule has 1 atom stereocenters. The zero-order valence-corrected chi connectivity index (χ0v) is 19.8. The van der Waals surface area contributed by atoms with Gasteiger partial charge in [0, 0.05) is 37.5 Å². The van der Waals surface area contributed by atoms with Gasteiger partial charge < -0.3 is 15.4 Å². The Balaban J connectivity index is 1.13. The maximum Gasteiger partial charge on any atom is 0.259 e. The third-order valence-corrected chi connectivity index (χ3v) is 7.71. The van der Waals surface area contributed by atoms with Crippen LogP contribution in [0.5, 0.6) is 0 Å². The first-order valence-corrected chi connectivity index (χ1v) is 12.4. The molecule has 5 rings (SSSR count). The molecule has 1 aliphatic carbocycles. The van der Waals surface area contributed by atoms with Gasteiger partial charge in [0.1, 0.15) is 5.56 Å². The molecule has 2 fully saturated rings. The molecular weight excluding hydrogens is 438 g/mol. The van der Waals surface area contributed by atoms with Crippen molar-refractivity contribution in [2.75, 3.05) is 19.6 Å². The van der Waals surface area contributed by atoms with Crippen LogP contribution in [0.3, 0.4) is 0 Å². The lowest BCUT2D eigenvalue weighted by Gasteiger charge is -2.32. The maximum atomic E-state index is 13.0. The minimum Gasteiger partial charge on any atom is -0.619 e. The van der Waals surface area contributed by atoms with Gasteiger partial charge in [-0.15, -0.1) is 0 Å². The van der Waals surface area contributed by atoms with Crippen molar-refractivity contribution in [2.24, 2.45) is 11.3 Å². The van der Waals surface area contributed by atoms with E-state index in [0.29, 0.717) is 29.9 Å². The Morgan fingerprint density at radius 2 is 1.60 bits per heavy atom. The largest absolute Gasteiger partial charge is 0.619 e. The van der Waals surface area contributed by atoms with Gasteiger partial charge in [-0.2, -0.15) is 4.73 Å². The van der Waals surface area contributed by atoms with Gasteiger partial charge in [-0.25, -0.2) is 0 Å². The van der Waals surface area contributed by atoms with E-state index in [1.165, 1.54) is 23.5 Å². The Hall–Kier alpha value is -3.67. The average Bonchev–Trinajstić information content (AvgIpc) is 3.60. The third kappa shape index (κ3) is 5.06. The predicted molar refractivity (Wildman–Crippen MR) is 133 cm³/mol. The van der Waals surface area contributed by atoms with Crippen LogP contribution in [-0.4, -0.2) is 36.3 Å². The van der Waals surface area contributed by atoms with Gasteiger partial charge in [0.25, 0.3) is 5.91 Å². The summed E-state index contributed by atoms with van der Waals surface area (Å²) in [5.41, 5.74) is 2.95. The second kappa shape index (κ2) is 9.90. The van der Waals surface area contributed by atoms with Gasteiger partial charge in [0.15, 0.2) is 12.4 Å². The van der Waals surface area contributed by atoms with Crippen LogP contribution in [0, 0.1) is 16.5 Å². The van der Waals surface area contributed by atoms with Gasteiger partial charge in [-0.1, -0.05) is 60.7 Å². The molecule has 6 heteroatoms. The smallest absolute Gasteiger partial charge is 0.259 e. The molecule has 0 radical (unpaired) electrons. The number of nitrogens with one attached hydrogen (secondary N) is 1. The van der Waals surface area contributed by atoms with Crippen molar-refractivity contribution in [1.82, 2.24) is 10.2 Å². The number of benzene rings is 2. The zero-order valence-electron chi connectivity index (χ0n) is 19.8. The maximum absolute atomic E-state index is 13.0. The number of carbonyl (C=O) groups excluding carboxylic acids is 2. The summed E-state index contributed by atoms with van der Waals surface area (Å²) in [5, 5.41) is 14.7. The van der Waals surface area contributed by atoms with E-state index in [4.69, 9.17) is 0 Å². The van der Waals surface area contributed by atoms with E-state index in [1.54, 1.807) is 17.0 Å². The molecule has 1 aliphatic heterocycles. The van der Waals surface area contributed by atoms with Crippen LogP contribution in [0.1, 0.15) is 53.1 Å². The number of pyridine rings is 1. The number of hydrogen-bond donors (Lipinski definition) is 1. The highest BCUT2D eigenvalue weighted by molar-refractivity contribution is 5.93. The molecule has 0 bridgehead atoms. The molecule has 1 N–H and O–H groups in total. The van der Waals surface area contributed by atoms with Crippen molar-refractivity contribution < 1.29 is 14.3 Å². The number of aromatic nitrogens is 1. The monoisotopic (exact) mass is 469 g/mol. The fraction of sp³-hybridized carbons (Fsp3) is 0.345. The summed E-state index contributed by atoms with van der Waals surface area (Å²) in [4.78, 5) is 27.5. The molecule has 180 valence electrons. The number of carbonyl (C=O) groups is 2. The summed E-state index contributed by atoms with van der Waals surface area (Å²) < 4.78 is 0.653. The molecule has 3 aromatic rings. The van der Waals surface area contributed by atoms with Crippen LogP contribution in [0.25, 0.3) is 0 Å². The number of rotatable bonds is 7. The summed E-state index contributed by atoms with van der Waals surface area (Å²) in [5.74, 6) is 0.303. The Morgan fingerprint density at radius 1 is 0.971 bits per heavy atom. The molecular formula is C29H31N3O3. The fourth-order valence-electron chi connectivity index (χ4n) is 5.55. The Bertz CT molecular complexity index is 1130. The number of amides is 2. The molecule has 1 saturated carbocycles. The zero-order chi connectivity index (χ0) is 24.3. The van der Waals surface area contributed by atoms with Crippen LogP contribution in [0.15, 0.2) is 85.2 Å². The summed E-state index contributed by atoms with van der Waals surface area (Å²) in [6.07, 6.45) is 6.09. The number of likely N-dealkylation sites (tertiary alicyclic amines) is 1. The molecule has 0 unspecified atom stereocenters. The van der Waals surface area contributed by atoms with Crippen LogP contribution in [-0.2, 0) is 4.79 Å². The van der Waals surface area contributed by atoms with E-state index in [0.717, 1.165) is 25.7 Å². The summed E-state index contributed by atoms with van der Waals surface area (Å²) >= 11 is 0. The second-order valence-corrected chi connectivity index (χ2v) is 9.82. The van der Waals surface area contributed by atoms with E-state index < -0.39 is 0 Å². The molecule has 2 amide bonds. The third-order valence-electron chi connectivity index (χ3n) is 7.71. The van der Waals surface area contributed by atoms with Crippen molar-refractivity contribution >= 4 is 11.8 Å². The van der Waals surface area contributed by atoms with Crippen molar-refractivity contribution in [3.8, 4) is 0 Å². The van der Waals surface area contributed by atoms with Gasteiger partial charge >= 0.3 is 0 Å². The lowest BCUT2D eigenvalue weighted by atomic mass is 9.88. The normalized spacial score (nSPS) is 18.4. The first-order valence-electron chi connectivity index (χ1n) is 12.4. The van der Waals surface area contributed by atoms with Crippen molar-refractivity contribution in [3.63, 3.8) is 0 Å². The highest BCUT2D eigenvalue weighted by Crippen LogP contribution is 2.59. The first kappa shape index (κ1) is 23.1. The second-order valence-electron chi connectivity index (χ2n) is 9.82. The van der Waals surface area contributed by atoms with E-state index in [-0.39, 0.29) is 29.1 Å². The quantitative estimate of drug-likeness (QED) is 0.421. The fourth-order valence-corrected chi connectivity index (χ4v) is 5.55. The van der Waals surface area contributed by atoms with Gasteiger partial charge in [0.2, 0.25) is 5.91 Å². The van der Waals surface area contributed by atoms with Crippen LogP contribution >= 0.6 is 0 Å². The number of hydrogen-bond acceptors (Lipinski definition) is 3. The van der Waals surface area contributed by atoms with E-state index in [1.807, 2.05) is 12.1 Å².